The molecule has 0 radical (unpaired) electrons. The van der Waals surface area contributed by atoms with Crippen molar-refractivity contribution in [2.24, 2.45) is 5.92 Å². The van der Waals surface area contributed by atoms with Crippen LogP contribution in [0.4, 0.5) is 0 Å². The molecule has 3 rings (SSSR count). The second-order valence-corrected chi connectivity index (χ2v) is 4.48. The zero-order chi connectivity index (χ0) is 10.4. The van der Waals surface area contributed by atoms with Gasteiger partial charge in [-0.1, -0.05) is 31.2 Å². The van der Waals surface area contributed by atoms with Crippen molar-refractivity contribution in [3.8, 4) is 0 Å². The van der Waals surface area contributed by atoms with E-state index in [1.165, 1.54) is 16.5 Å². The molecule has 76 valence electrons. The van der Waals surface area contributed by atoms with Crippen molar-refractivity contribution in [3.05, 3.63) is 41.2 Å². The summed E-state index contributed by atoms with van der Waals surface area (Å²) in [6.45, 7) is 4.32. The fourth-order valence-electron chi connectivity index (χ4n) is 2.23. The number of benzene rings is 1. The van der Waals surface area contributed by atoms with E-state index in [1.54, 1.807) is 0 Å². The summed E-state index contributed by atoms with van der Waals surface area (Å²) in [4.78, 5) is 0. The lowest BCUT2D eigenvalue weighted by Crippen LogP contribution is -2.00. The maximum atomic E-state index is 5.89. The molecule has 1 aliphatic carbocycles. The van der Waals surface area contributed by atoms with Crippen molar-refractivity contribution in [1.29, 1.82) is 0 Å². The summed E-state index contributed by atoms with van der Waals surface area (Å²) >= 11 is 0. The van der Waals surface area contributed by atoms with E-state index in [-0.39, 0.29) is 0 Å². The molecule has 1 aromatic heterocycles. The molecule has 0 saturated carbocycles. The first kappa shape index (κ1) is 8.78. The first-order chi connectivity index (χ1) is 7.24. The van der Waals surface area contributed by atoms with Crippen molar-refractivity contribution < 1.29 is 4.42 Å². The van der Waals surface area contributed by atoms with Gasteiger partial charge in [-0.25, -0.2) is 0 Å². The zero-order valence-corrected chi connectivity index (χ0v) is 9.08. The molecule has 1 unspecified atom stereocenters. The lowest BCUT2D eigenvalue weighted by atomic mass is 9.95. The van der Waals surface area contributed by atoms with Gasteiger partial charge in [0.05, 0.1) is 0 Å². The van der Waals surface area contributed by atoms with Crippen molar-refractivity contribution >= 4 is 17.0 Å². The Balaban J connectivity index is 2.29. The Kier molecular flexibility index (Phi) is 1.75. The molecular weight excluding hydrogens is 184 g/mol. The number of furan rings is 1. The van der Waals surface area contributed by atoms with Crippen LogP contribution < -0.4 is 0 Å². The van der Waals surface area contributed by atoms with E-state index in [9.17, 15) is 0 Å². The average molecular weight is 198 g/mol. The number of aryl methyl sites for hydroxylation is 1. The van der Waals surface area contributed by atoms with Crippen LogP contribution in [0.15, 0.2) is 28.7 Å². The third kappa shape index (κ3) is 1.30. The molecule has 1 aromatic carbocycles. The van der Waals surface area contributed by atoms with Crippen molar-refractivity contribution in [3.63, 3.8) is 0 Å². The molecule has 0 amide bonds. The van der Waals surface area contributed by atoms with Crippen LogP contribution in [0.1, 0.15) is 23.8 Å². The molecule has 0 saturated heterocycles. The molecule has 15 heavy (non-hydrogen) atoms. The molecule has 0 fully saturated rings. The fraction of sp³-hybridized carbons (Fsp3) is 0.286. The highest BCUT2D eigenvalue weighted by Crippen LogP contribution is 2.32. The molecule has 0 bridgehead atoms. The van der Waals surface area contributed by atoms with Crippen molar-refractivity contribution in [2.45, 2.75) is 20.3 Å². The Morgan fingerprint density at radius 1 is 1.33 bits per heavy atom. The highest BCUT2D eigenvalue weighted by molar-refractivity contribution is 5.89. The monoisotopic (exact) mass is 198 g/mol. The minimum Gasteiger partial charge on any atom is -0.460 e. The highest BCUT2D eigenvalue weighted by Gasteiger charge is 2.17. The largest absolute Gasteiger partial charge is 0.460 e. The van der Waals surface area contributed by atoms with Gasteiger partial charge in [0.15, 0.2) is 0 Å². The minimum absolute atomic E-state index is 0.596. The Morgan fingerprint density at radius 3 is 3.07 bits per heavy atom. The van der Waals surface area contributed by atoms with Crippen LogP contribution in [0.5, 0.6) is 0 Å². The van der Waals surface area contributed by atoms with Crippen molar-refractivity contribution in [2.75, 3.05) is 0 Å². The molecule has 1 atom stereocenters. The number of fused-ring (bicyclic) bond motifs is 3. The SMILES string of the molecule is Cc1ccc2c3c(oc2c1)CC(C)C=C3. The summed E-state index contributed by atoms with van der Waals surface area (Å²) in [7, 11) is 0. The van der Waals surface area contributed by atoms with E-state index in [4.69, 9.17) is 4.42 Å². The number of hydrogen-bond acceptors (Lipinski definition) is 1. The van der Waals surface area contributed by atoms with Gasteiger partial charge in [0.25, 0.3) is 0 Å². The zero-order valence-electron chi connectivity index (χ0n) is 9.08. The summed E-state index contributed by atoms with van der Waals surface area (Å²) in [5, 5.41) is 1.25. The van der Waals surface area contributed by atoms with Gasteiger partial charge in [0.1, 0.15) is 11.3 Å². The van der Waals surface area contributed by atoms with E-state index in [0.717, 1.165) is 17.8 Å². The van der Waals surface area contributed by atoms with Crippen LogP contribution in [0.2, 0.25) is 0 Å². The standard InChI is InChI=1S/C14H14O/c1-9-3-5-11-12-6-4-10(2)8-14(12)15-13(11)7-9/h3-7,10H,8H2,1-2H3. The molecule has 0 N–H and O–H groups in total. The third-order valence-electron chi connectivity index (χ3n) is 3.06. The van der Waals surface area contributed by atoms with Gasteiger partial charge in [-0.3, -0.25) is 0 Å². The normalized spacial score (nSPS) is 19.5. The Hall–Kier alpha value is -1.50. The lowest BCUT2D eigenvalue weighted by Gasteiger charge is -2.09. The molecule has 0 aliphatic heterocycles. The fourth-order valence-corrected chi connectivity index (χ4v) is 2.23. The summed E-state index contributed by atoms with van der Waals surface area (Å²) in [5.74, 6) is 1.74. The third-order valence-corrected chi connectivity index (χ3v) is 3.06. The van der Waals surface area contributed by atoms with E-state index < -0.39 is 0 Å². The smallest absolute Gasteiger partial charge is 0.135 e. The van der Waals surface area contributed by atoms with Crippen LogP contribution in [0, 0.1) is 12.8 Å². The first-order valence-electron chi connectivity index (χ1n) is 5.44. The molecule has 1 nitrogen and oxygen atoms in total. The van der Waals surface area contributed by atoms with Crippen LogP contribution in [-0.4, -0.2) is 0 Å². The van der Waals surface area contributed by atoms with Gasteiger partial charge in [-0.15, -0.1) is 0 Å². The van der Waals surface area contributed by atoms with Gasteiger partial charge < -0.3 is 4.42 Å². The second-order valence-electron chi connectivity index (χ2n) is 4.48. The van der Waals surface area contributed by atoms with E-state index in [0.29, 0.717) is 5.92 Å². The Labute approximate surface area is 89.4 Å². The maximum Gasteiger partial charge on any atom is 0.135 e. The molecule has 0 spiro atoms. The van der Waals surface area contributed by atoms with Gasteiger partial charge >= 0.3 is 0 Å². The predicted octanol–water partition coefficient (Wildman–Crippen LogP) is 3.95. The topological polar surface area (TPSA) is 13.1 Å². The van der Waals surface area contributed by atoms with Crippen LogP contribution >= 0.6 is 0 Å². The van der Waals surface area contributed by atoms with Crippen LogP contribution in [0.3, 0.4) is 0 Å². The molecular formula is C14H14O. The van der Waals surface area contributed by atoms with E-state index in [2.05, 4.69) is 44.2 Å². The highest BCUT2D eigenvalue weighted by atomic mass is 16.3. The van der Waals surface area contributed by atoms with Gasteiger partial charge in [-0.2, -0.15) is 0 Å². The summed E-state index contributed by atoms with van der Waals surface area (Å²) in [5.41, 5.74) is 3.56. The molecule has 2 aromatic rings. The second kappa shape index (κ2) is 2.99. The van der Waals surface area contributed by atoms with Crippen molar-refractivity contribution in [1.82, 2.24) is 0 Å². The average Bonchev–Trinajstić information content (AvgIpc) is 2.53. The summed E-state index contributed by atoms with van der Waals surface area (Å²) in [6.07, 6.45) is 5.49. The summed E-state index contributed by atoms with van der Waals surface area (Å²) < 4.78 is 5.89. The van der Waals surface area contributed by atoms with Gasteiger partial charge in [0, 0.05) is 17.4 Å². The molecule has 1 aliphatic rings. The minimum atomic E-state index is 0.596. The molecule has 1 heterocycles. The number of hydrogen-bond donors (Lipinski definition) is 0. The lowest BCUT2D eigenvalue weighted by molar-refractivity contribution is 0.513. The van der Waals surface area contributed by atoms with E-state index >= 15 is 0 Å². The predicted molar refractivity (Wildman–Crippen MR) is 62.9 cm³/mol. The Bertz CT molecular complexity index is 546. The maximum absolute atomic E-state index is 5.89. The first-order valence-corrected chi connectivity index (χ1v) is 5.44. The van der Waals surface area contributed by atoms with Gasteiger partial charge in [-0.05, 0) is 24.5 Å². The quantitative estimate of drug-likeness (QED) is 0.624. The Morgan fingerprint density at radius 2 is 2.20 bits per heavy atom. The van der Waals surface area contributed by atoms with Gasteiger partial charge in [0.2, 0.25) is 0 Å². The number of allylic oxidation sites excluding steroid dienone is 1. The van der Waals surface area contributed by atoms with Crippen LogP contribution in [-0.2, 0) is 6.42 Å². The summed E-state index contributed by atoms with van der Waals surface area (Å²) in [6, 6.07) is 6.42. The number of rotatable bonds is 0. The molecule has 1 heteroatoms. The van der Waals surface area contributed by atoms with E-state index in [1.807, 2.05) is 0 Å². The van der Waals surface area contributed by atoms with Crippen LogP contribution in [0.25, 0.3) is 17.0 Å².